The number of aliphatic hydroxyl groups is 1. The quantitative estimate of drug-likeness (QED) is 0.657. The molecule has 0 saturated heterocycles. The van der Waals surface area contributed by atoms with Gasteiger partial charge in [-0.15, -0.1) is 0 Å². The summed E-state index contributed by atoms with van der Waals surface area (Å²) in [5.41, 5.74) is 1.70. The summed E-state index contributed by atoms with van der Waals surface area (Å²) in [4.78, 5) is 12.0. The SMILES string of the molecule is CC1(C)CC2=C(C(=O)O[C@]2(C)O)[C@]2(C)C[C@@H]2C1. The molecule has 17 heavy (non-hydrogen) atoms. The molecular formula is C14H20O3. The van der Waals surface area contributed by atoms with Crippen molar-refractivity contribution in [2.45, 2.75) is 52.7 Å². The van der Waals surface area contributed by atoms with Crippen molar-refractivity contribution in [1.82, 2.24) is 0 Å². The zero-order chi connectivity index (χ0) is 12.6. The normalized spacial score (nSPS) is 47.1. The summed E-state index contributed by atoms with van der Waals surface area (Å²) < 4.78 is 5.15. The minimum absolute atomic E-state index is 0.0410. The molecule has 3 nitrogen and oxygen atoms in total. The highest BCUT2D eigenvalue weighted by Crippen LogP contribution is 2.67. The molecule has 0 spiro atoms. The lowest BCUT2D eigenvalue weighted by molar-refractivity contribution is -0.177. The maximum atomic E-state index is 12.0. The number of carbonyl (C=O) groups is 1. The Balaban J connectivity index is 2.15. The number of esters is 1. The van der Waals surface area contributed by atoms with Crippen LogP contribution in [0.15, 0.2) is 11.1 Å². The fourth-order valence-electron chi connectivity index (χ4n) is 3.75. The summed E-state index contributed by atoms with van der Waals surface area (Å²) in [5, 5.41) is 10.3. The maximum Gasteiger partial charge on any atom is 0.337 e. The molecule has 0 aromatic heterocycles. The molecule has 1 N–H and O–H groups in total. The summed E-state index contributed by atoms with van der Waals surface area (Å²) >= 11 is 0. The van der Waals surface area contributed by atoms with E-state index >= 15 is 0 Å². The van der Waals surface area contributed by atoms with Crippen LogP contribution in [0, 0.1) is 16.7 Å². The first-order chi connectivity index (χ1) is 7.66. The predicted octanol–water partition coefficient (Wildman–Crippen LogP) is 2.39. The second kappa shape index (κ2) is 2.77. The van der Waals surface area contributed by atoms with Crippen molar-refractivity contribution in [3.63, 3.8) is 0 Å². The van der Waals surface area contributed by atoms with Crippen LogP contribution in [0.3, 0.4) is 0 Å². The molecule has 0 amide bonds. The van der Waals surface area contributed by atoms with Gasteiger partial charge in [0.25, 0.3) is 0 Å². The van der Waals surface area contributed by atoms with E-state index in [1.165, 1.54) is 0 Å². The van der Waals surface area contributed by atoms with E-state index in [-0.39, 0.29) is 16.8 Å². The van der Waals surface area contributed by atoms with Gasteiger partial charge in [-0.1, -0.05) is 20.8 Å². The topological polar surface area (TPSA) is 46.5 Å². The standard InChI is InChI=1S/C14H20O3/c1-12(2)5-8-6-13(8,3)10-9(7-12)14(4,16)17-11(10)15/h8,16H,5-7H2,1-4H3/t8-,13+,14-/m0/s1. The van der Waals surface area contributed by atoms with Crippen LogP contribution in [0.25, 0.3) is 0 Å². The number of hydrogen-bond acceptors (Lipinski definition) is 3. The number of cyclic esters (lactones) is 1. The van der Waals surface area contributed by atoms with Gasteiger partial charge in [0.15, 0.2) is 0 Å². The van der Waals surface area contributed by atoms with Crippen LogP contribution in [0.2, 0.25) is 0 Å². The third-order valence-electron chi connectivity index (χ3n) is 4.79. The lowest BCUT2D eigenvalue weighted by atomic mass is 9.80. The first-order valence-corrected chi connectivity index (χ1v) is 6.36. The second-order valence-electron chi connectivity index (χ2n) is 7.09. The smallest absolute Gasteiger partial charge is 0.337 e. The molecule has 0 unspecified atom stereocenters. The van der Waals surface area contributed by atoms with Crippen molar-refractivity contribution >= 4 is 5.97 Å². The molecule has 3 atom stereocenters. The number of ether oxygens (including phenoxy) is 1. The van der Waals surface area contributed by atoms with Crippen molar-refractivity contribution in [1.29, 1.82) is 0 Å². The van der Waals surface area contributed by atoms with Gasteiger partial charge in [-0.25, -0.2) is 4.79 Å². The summed E-state index contributed by atoms with van der Waals surface area (Å²) in [7, 11) is 0. The van der Waals surface area contributed by atoms with Crippen LogP contribution in [0.4, 0.5) is 0 Å². The fourth-order valence-corrected chi connectivity index (χ4v) is 3.75. The minimum Gasteiger partial charge on any atom is -0.426 e. The minimum atomic E-state index is -1.38. The number of fused-ring (bicyclic) bond motifs is 2. The monoisotopic (exact) mass is 236 g/mol. The molecule has 0 aromatic rings. The molecule has 1 aliphatic heterocycles. The zero-order valence-electron chi connectivity index (χ0n) is 11.0. The van der Waals surface area contributed by atoms with E-state index in [1.54, 1.807) is 6.92 Å². The van der Waals surface area contributed by atoms with E-state index in [0.717, 1.165) is 30.4 Å². The van der Waals surface area contributed by atoms with Gasteiger partial charge in [0.05, 0.1) is 0 Å². The van der Waals surface area contributed by atoms with Gasteiger partial charge in [0.1, 0.15) is 0 Å². The van der Waals surface area contributed by atoms with E-state index in [2.05, 4.69) is 20.8 Å². The van der Waals surface area contributed by atoms with Gasteiger partial charge in [0.2, 0.25) is 5.79 Å². The number of hydrogen-bond donors (Lipinski definition) is 1. The Morgan fingerprint density at radius 3 is 2.53 bits per heavy atom. The average molecular weight is 236 g/mol. The summed E-state index contributed by atoms with van der Waals surface area (Å²) in [6.07, 6.45) is 2.94. The fraction of sp³-hybridized carbons (Fsp3) is 0.786. The first kappa shape index (κ1) is 11.3. The number of rotatable bonds is 0. The van der Waals surface area contributed by atoms with Crippen LogP contribution in [0.5, 0.6) is 0 Å². The van der Waals surface area contributed by atoms with Gasteiger partial charge in [-0.05, 0) is 30.6 Å². The molecule has 0 radical (unpaired) electrons. The van der Waals surface area contributed by atoms with Gasteiger partial charge >= 0.3 is 5.97 Å². The Morgan fingerprint density at radius 2 is 1.88 bits per heavy atom. The van der Waals surface area contributed by atoms with Gasteiger partial charge in [0, 0.05) is 23.5 Å². The molecule has 3 heteroatoms. The molecule has 2 aliphatic carbocycles. The molecule has 3 rings (SSSR count). The Kier molecular flexibility index (Phi) is 1.84. The Bertz CT molecular complexity index is 444. The van der Waals surface area contributed by atoms with E-state index in [9.17, 15) is 9.90 Å². The highest BCUT2D eigenvalue weighted by molar-refractivity contribution is 5.95. The van der Waals surface area contributed by atoms with Crippen molar-refractivity contribution in [3.05, 3.63) is 11.1 Å². The van der Waals surface area contributed by atoms with E-state index in [0.29, 0.717) is 5.92 Å². The van der Waals surface area contributed by atoms with Gasteiger partial charge in [-0.2, -0.15) is 0 Å². The molecule has 1 heterocycles. The van der Waals surface area contributed by atoms with Crippen LogP contribution in [-0.4, -0.2) is 16.9 Å². The van der Waals surface area contributed by atoms with E-state index in [4.69, 9.17) is 4.74 Å². The number of carbonyl (C=O) groups excluding carboxylic acids is 1. The Hall–Kier alpha value is -0.830. The summed E-state index contributed by atoms with van der Waals surface area (Å²) in [6, 6.07) is 0. The third kappa shape index (κ3) is 1.41. The highest BCUT2D eigenvalue weighted by atomic mass is 16.7. The molecule has 0 aromatic carbocycles. The predicted molar refractivity (Wildman–Crippen MR) is 63.0 cm³/mol. The van der Waals surface area contributed by atoms with E-state index < -0.39 is 5.79 Å². The largest absolute Gasteiger partial charge is 0.426 e. The van der Waals surface area contributed by atoms with Gasteiger partial charge < -0.3 is 9.84 Å². The first-order valence-electron chi connectivity index (χ1n) is 6.36. The molecular weight excluding hydrogens is 216 g/mol. The van der Waals surface area contributed by atoms with Crippen LogP contribution in [-0.2, 0) is 9.53 Å². The van der Waals surface area contributed by atoms with Crippen molar-refractivity contribution in [3.8, 4) is 0 Å². The molecule has 3 aliphatic rings. The zero-order valence-corrected chi connectivity index (χ0v) is 11.0. The van der Waals surface area contributed by atoms with Crippen molar-refractivity contribution in [2.24, 2.45) is 16.7 Å². The van der Waals surface area contributed by atoms with Crippen LogP contribution >= 0.6 is 0 Å². The molecule has 94 valence electrons. The second-order valence-corrected chi connectivity index (χ2v) is 7.09. The van der Waals surface area contributed by atoms with Gasteiger partial charge in [-0.3, -0.25) is 0 Å². The van der Waals surface area contributed by atoms with Crippen LogP contribution in [0.1, 0.15) is 47.0 Å². The highest BCUT2D eigenvalue weighted by Gasteiger charge is 2.63. The molecule has 1 fully saturated rings. The lowest BCUT2D eigenvalue weighted by Crippen LogP contribution is -2.29. The average Bonchev–Trinajstić information content (AvgIpc) is 2.65. The summed E-state index contributed by atoms with van der Waals surface area (Å²) in [5.74, 6) is -1.11. The maximum absolute atomic E-state index is 12.0. The van der Waals surface area contributed by atoms with E-state index in [1.807, 2.05) is 0 Å². The Morgan fingerprint density at radius 1 is 1.24 bits per heavy atom. The van der Waals surface area contributed by atoms with Crippen molar-refractivity contribution < 1.29 is 14.6 Å². The molecule has 1 saturated carbocycles. The van der Waals surface area contributed by atoms with Crippen LogP contribution < -0.4 is 0 Å². The Labute approximate surface area is 102 Å². The third-order valence-corrected chi connectivity index (χ3v) is 4.79. The summed E-state index contributed by atoms with van der Waals surface area (Å²) in [6.45, 7) is 8.15. The van der Waals surface area contributed by atoms with Crippen molar-refractivity contribution in [2.75, 3.05) is 0 Å². The molecule has 0 bridgehead atoms. The lowest BCUT2D eigenvalue weighted by Gasteiger charge is -2.28.